The van der Waals surface area contributed by atoms with Gasteiger partial charge in [-0.05, 0) is 54.4 Å². The number of anilines is 2. The van der Waals surface area contributed by atoms with Gasteiger partial charge in [0.2, 0.25) is 5.91 Å². The number of nitrogens with one attached hydrogen (secondary N) is 2. The number of carbonyl (C=O) groups is 2. The lowest BCUT2D eigenvalue weighted by atomic mass is 10.1. The van der Waals surface area contributed by atoms with Crippen LogP contribution in [0.5, 0.6) is 5.75 Å². The van der Waals surface area contributed by atoms with Crippen LogP contribution in [0.3, 0.4) is 0 Å². The third kappa shape index (κ3) is 6.63. The summed E-state index contributed by atoms with van der Waals surface area (Å²) in [6.45, 7) is 1.59. The van der Waals surface area contributed by atoms with Crippen LogP contribution in [0.2, 0.25) is 0 Å². The van der Waals surface area contributed by atoms with Crippen LogP contribution >= 0.6 is 0 Å². The Morgan fingerprint density at radius 2 is 1.49 bits per heavy atom. The minimum Gasteiger partial charge on any atom is -0.495 e. The fourth-order valence-corrected chi connectivity index (χ4v) is 5.44. The largest absolute Gasteiger partial charge is 0.495 e. The molecule has 0 saturated carbocycles. The highest BCUT2D eigenvalue weighted by Gasteiger charge is 2.30. The maximum absolute atomic E-state index is 13.7. The molecule has 4 aromatic rings. The van der Waals surface area contributed by atoms with E-state index in [2.05, 4.69) is 10.6 Å². The van der Waals surface area contributed by atoms with E-state index in [1.165, 1.54) is 19.2 Å². The van der Waals surface area contributed by atoms with Crippen molar-refractivity contribution in [2.45, 2.75) is 18.4 Å². The number of sulfonamides is 1. The number of rotatable bonds is 10. The lowest BCUT2D eigenvalue weighted by molar-refractivity contribution is -0.114. The van der Waals surface area contributed by atoms with Crippen LogP contribution in [0.15, 0.2) is 108 Å². The van der Waals surface area contributed by atoms with E-state index < -0.39 is 22.5 Å². The van der Waals surface area contributed by atoms with Gasteiger partial charge in [0.25, 0.3) is 15.9 Å². The van der Waals surface area contributed by atoms with Crippen LogP contribution in [-0.2, 0) is 21.4 Å². The molecule has 2 amide bonds. The van der Waals surface area contributed by atoms with Crippen LogP contribution in [-0.4, -0.2) is 33.9 Å². The Kier molecular flexibility index (Phi) is 8.63. The highest BCUT2D eigenvalue weighted by Crippen LogP contribution is 2.33. The first-order chi connectivity index (χ1) is 18.8. The number of para-hydroxylation sites is 1. The van der Waals surface area contributed by atoms with E-state index in [-0.39, 0.29) is 27.7 Å². The van der Waals surface area contributed by atoms with Crippen LogP contribution in [0.25, 0.3) is 0 Å². The summed E-state index contributed by atoms with van der Waals surface area (Å²) in [4.78, 5) is 26.3. The van der Waals surface area contributed by atoms with Crippen molar-refractivity contribution in [1.29, 1.82) is 0 Å². The highest BCUT2D eigenvalue weighted by atomic mass is 32.2. The summed E-state index contributed by atoms with van der Waals surface area (Å²) >= 11 is 0. The van der Waals surface area contributed by atoms with Gasteiger partial charge in [-0.15, -0.1) is 0 Å². The molecule has 8 nitrogen and oxygen atoms in total. The van der Waals surface area contributed by atoms with E-state index in [1.807, 2.05) is 37.3 Å². The molecule has 9 heteroatoms. The molecule has 2 N–H and O–H groups in total. The van der Waals surface area contributed by atoms with Gasteiger partial charge in [-0.1, -0.05) is 66.7 Å². The van der Waals surface area contributed by atoms with Gasteiger partial charge < -0.3 is 15.4 Å². The quantitative estimate of drug-likeness (QED) is 0.300. The van der Waals surface area contributed by atoms with E-state index in [0.717, 1.165) is 15.4 Å². The third-order valence-electron chi connectivity index (χ3n) is 5.96. The molecule has 0 aliphatic heterocycles. The van der Waals surface area contributed by atoms with E-state index in [4.69, 9.17) is 4.74 Å². The minimum atomic E-state index is -4.14. The van der Waals surface area contributed by atoms with Gasteiger partial charge in [0.15, 0.2) is 0 Å². The highest BCUT2D eigenvalue weighted by molar-refractivity contribution is 7.92. The third-order valence-corrected chi connectivity index (χ3v) is 7.74. The van der Waals surface area contributed by atoms with Gasteiger partial charge >= 0.3 is 0 Å². The first-order valence-electron chi connectivity index (χ1n) is 12.2. The van der Waals surface area contributed by atoms with Crippen LogP contribution < -0.4 is 19.7 Å². The van der Waals surface area contributed by atoms with Crippen LogP contribution in [0, 0.1) is 6.92 Å². The van der Waals surface area contributed by atoms with Gasteiger partial charge in [-0.2, -0.15) is 0 Å². The summed E-state index contributed by atoms with van der Waals surface area (Å²) in [5, 5.41) is 5.57. The maximum Gasteiger partial charge on any atom is 0.264 e. The van der Waals surface area contributed by atoms with Crippen LogP contribution in [0.1, 0.15) is 21.5 Å². The summed E-state index contributed by atoms with van der Waals surface area (Å²) in [6.07, 6.45) is 0. The number of amides is 2. The maximum atomic E-state index is 13.7. The predicted octanol–water partition coefficient (Wildman–Crippen LogP) is 4.77. The first-order valence-corrected chi connectivity index (χ1v) is 13.7. The lowest BCUT2D eigenvalue weighted by Gasteiger charge is -2.26. The normalized spacial score (nSPS) is 10.9. The molecule has 0 heterocycles. The molecule has 0 saturated heterocycles. The fraction of sp³-hybridized carbons (Fsp3) is 0.133. The SMILES string of the molecule is COc1ccc(C)cc1N(CC(=O)Nc1ccccc1C(=O)NCc1ccccc1)S(=O)(=O)c1ccccc1. The molecule has 200 valence electrons. The molecule has 0 aliphatic carbocycles. The molecule has 0 bridgehead atoms. The minimum absolute atomic E-state index is 0.0297. The summed E-state index contributed by atoms with van der Waals surface area (Å²) in [5.74, 6) is -0.696. The van der Waals surface area contributed by atoms with Gasteiger partial charge in [0, 0.05) is 6.54 Å². The van der Waals surface area contributed by atoms with Crippen LogP contribution in [0.4, 0.5) is 11.4 Å². The Hall–Kier alpha value is -4.63. The monoisotopic (exact) mass is 543 g/mol. The second kappa shape index (κ2) is 12.3. The number of carbonyl (C=O) groups excluding carboxylic acids is 2. The lowest BCUT2D eigenvalue weighted by Crippen LogP contribution is -2.38. The van der Waals surface area contributed by atoms with Crippen molar-refractivity contribution in [2.24, 2.45) is 0 Å². The van der Waals surface area contributed by atoms with Gasteiger partial charge in [-0.25, -0.2) is 8.42 Å². The number of nitrogens with zero attached hydrogens (tertiary/aromatic N) is 1. The Balaban J connectivity index is 1.61. The molecule has 0 fully saturated rings. The van der Waals surface area contributed by atoms with Gasteiger partial charge in [-0.3, -0.25) is 13.9 Å². The average molecular weight is 544 g/mol. The zero-order valence-electron chi connectivity index (χ0n) is 21.6. The fourth-order valence-electron chi connectivity index (χ4n) is 4.00. The molecule has 39 heavy (non-hydrogen) atoms. The summed E-state index contributed by atoms with van der Waals surface area (Å²) in [6, 6.07) is 29.0. The topological polar surface area (TPSA) is 105 Å². The van der Waals surface area contributed by atoms with Crippen molar-refractivity contribution < 1.29 is 22.7 Å². The zero-order chi connectivity index (χ0) is 27.8. The molecule has 0 atom stereocenters. The molecule has 4 rings (SSSR count). The molecule has 0 radical (unpaired) electrons. The number of methoxy groups -OCH3 is 1. The van der Waals surface area contributed by atoms with E-state index in [9.17, 15) is 18.0 Å². The second-order valence-electron chi connectivity index (χ2n) is 8.76. The summed E-state index contributed by atoms with van der Waals surface area (Å²) in [5.41, 5.74) is 2.47. The predicted molar refractivity (Wildman–Crippen MR) is 151 cm³/mol. The molecule has 0 unspecified atom stereocenters. The molecule has 0 aliphatic rings. The smallest absolute Gasteiger partial charge is 0.264 e. The Bertz CT molecular complexity index is 1560. The molecule has 0 aromatic heterocycles. The van der Waals surface area contributed by atoms with Gasteiger partial charge in [0.05, 0.1) is 28.9 Å². The summed E-state index contributed by atoms with van der Waals surface area (Å²) < 4.78 is 33.9. The van der Waals surface area contributed by atoms with Crippen molar-refractivity contribution in [2.75, 3.05) is 23.3 Å². The molecular weight excluding hydrogens is 514 g/mol. The number of benzene rings is 4. The molecule has 4 aromatic carbocycles. The van der Waals surface area contributed by atoms with E-state index in [0.29, 0.717) is 12.3 Å². The standard InChI is InChI=1S/C30H29N3O5S/c1-22-17-18-28(38-2)27(19-22)33(39(36,37)24-13-7-4-8-14-24)21-29(34)32-26-16-10-9-15-25(26)30(35)31-20-23-11-5-3-6-12-23/h3-19H,20-21H2,1-2H3,(H,31,35)(H,32,34). The molecular formula is C30H29N3O5S. The number of aryl methyl sites for hydroxylation is 1. The number of ether oxygens (including phenoxy) is 1. The average Bonchev–Trinajstić information content (AvgIpc) is 2.96. The van der Waals surface area contributed by atoms with Crippen molar-refractivity contribution in [1.82, 2.24) is 5.32 Å². The number of hydrogen-bond donors (Lipinski definition) is 2. The zero-order valence-corrected chi connectivity index (χ0v) is 22.4. The van der Waals surface area contributed by atoms with E-state index in [1.54, 1.807) is 60.7 Å². The van der Waals surface area contributed by atoms with Crippen molar-refractivity contribution in [3.63, 3.8) is 0 Å². The number of hydrogen-bond acceptors (Lipinski definition) is 5. The summed E-state index contributed by atoms with van der Waals surface area (Å²) in [7, 11) is -2.71. The Labute approximate surface area is 228 Å². The van der Waals surface area contributed by atoms with Crippen molar-refractivity contribution in [3.8, 4) is 5.75 Å². The van der Waals surface area contributed by atoms with Gasteiger partial charge in [0.1, 0.15) is 12.3 Å². The molecule has 0 spiro atoms. The first kappa shape index (κ1) is 27.4. The van der Waals surface area contributed by atoms with Crippen molar-refractivity contribution >= 4 is 33.2 Å². The van der Waals surface area contributed by atoms with E-state index >= 15 is 0 Å². The van der Waals surface area contributed by atoms with Crippen molar-refractivity contribution in [3.05, 3.63) is 120 Å². The Morgan fingerprint density at radius 1 is 0.846 bits per heavy atom. The second-order valence-corrected chi connectivity index (χ2v) is 10.6. The Morgan fingerprint density at radius 3 is 2.18 bits per heavy atom.